The lowest BCUT2D eigenvalue weighted by atomic mass is 9.83. The fraction of sp³-hybridized carbons (Fsp3) is 0.0227. The van der Waals surface area contributed by atoms with Gasteiger partial charge in [0, 0.05) is 17.7 Å². The van der Waals surface area contributed by atoms with E-state index < -0.39 is 0 Å². The van der Waals surface area contributed by atoms with E-state index in [4.69, 9.17) is 4.99 Å². The molecular weight excluding hydrogens is 556 g/mol. The average molecular weight is 587 g/mol. The van der Waals surface area contributed by atoms with Gasteiger partial charge in [-0.2, -0.15) is 0 Å². The molecule has 0 fully saturated rings. The van der Waals surface area contributed by atoms with E-state index in [0.29, 0.717) is 0 Å². The van der Waals surface area contributed by atoms with Crippen LogP contribution in [0.15, 0.2) is 163 Å². The number of aliphatic imine (C=N–C) groups is 1. The highest BCUT2D eigenvalue weighted by Crippen LogP contribution is 2.49. The Morgan fingerprint density at radius 3 is 1.22 bits per heavy atom. The minimum atomic E-state index is 0.761. The number of nitrogens with one attached hydrogen (secondary N) is 1. The van der Waals surface area contributed by atoms with E-state index in [1.54, 1.807) is 0 Å². The average Bonchev–Trinajstić information content (AvgIpc) is 3.14. The molecule has 46 heavy (non-hydrogen) atoms. The molecule has 0 aromatic heterocycles. The van der Waals surface area contributed by atoms with Gasteiger partial charge < -0.3 is 5.32 Å². The molecule has 0 saturated carbocycles. The summed E-state index contributed by atoms with van der Waals surface area (Å²) >= 11 is 0. The zero-order chi connectivity index (χ0) is 30.5. The molecular formula is C44H30N2. The third kappa shape index (κ3) is 4.15. The van der Waals surface area contributed by atoms with Gasteiger partial charge in [-0.25, -0.2) is 4.99 Å². The van der Waals surface area contributed by atoms with Gasteiger partial charge in [-0.15, -0.1) is 0 Å². The summed E-state index contributed by atoms with van der Waals surface area (Å²) in [6.07, 6.45) is 1.84. The number of hydrogen-bond acceptors (Lipinski definition) is 2. The third-order valence-electron chi connectivity index (χ3n) is 9.38. The summed E-state index contributed by atoms with van der Waals surface area (Å²) in [6.45, 7) is 0.761. The van der Waals surface area contributed by atoms with Crippen LogP contribution in [0, 0.1) is 0 Å². The predicted octanol–water partition coefficient (Wildman–Crippen LogP) is 11.6. The number of rotatable bonds is 4. The van der Waals surface area contributed by atoms with E-state index in [1.807, 2.05) is 6.34 Å². The first kappa shape index (κ1) is 26.4. The van der Waals surface area contributed by atoms with Crippen molar-refractivity contribution in [1.82, 2.24) is 5.32 Å². The Hall–Kier alpha value is -5.99. The van der Waals surface area contributed by atoms with Gasteiger partial charge in [0.1, 0.15) is 0 Å². The van der Waals surface area contributed by atoms with Crippen LogP contribution in [0.4, 0.5) is 5.69 Å². The van der Waals surface area contributed by atoms with Crippen molar-refractivity contribution >= 4 is 44.3 Å². The molecule has 0 spiro atoms. The second kappa shape index (κ2) is 10.9. The maximum Gasteiger partial charge on any atom is 0.0889 e. The van der Waals surface area contributed by atoms with Gasteiger partial charge in [-0.05, 0) is 71.3 Å². The van der Waals surface area contributed by atoms with Crippen molar-refractivity contribution in [1.29, 1.82) is 0 Å². The molecule has 2 heteroatoms. The van der Waals surface area contributed by atoms with E-state index in [9.17, 15) is 0 Å². The molecule has 0 bridgehead atoms. The molecule has 216 valence electrons. The first-order chi connectivity index (χ1) is 22.9. The van der Waals surface area contributed by atoms with E-state index in [0.717, 1.165) is 12.2 Å². The van der Waals surface area contributed by atoms with E-state index in [1.165, 1.54) is 82.4 Å². The number of hydrogen-bond donors (Lipinski definition) is 1. The second-order valence-corrected chi connectivity index (χ2v) is 11.9. The van der Waals surface area contributed by atoms with E-state index in [2.05, 4.69) is 163 Å². The van der Waals surface area contributed by atoms with Gasteiger partial charge in [0.2, 0.25) is 0 Å². The Kier molecular flexibility index (Phi) is 6.24. The molecule has 0 unspecified atom stereocenters. The first-order valence-electron chi connectivity index (χ1n) is 15.9. The SMILES string of the molecule is C1=Nc2c(-c3ccccc3)c(-c3ccc(-c4c5ccccc5c(-c5ccccc5)c5ccccc45)cc3)c3ccccc3c2CN1. The summed E-state index contributed by atoms with van der Waals surface area (Å²) < 4.78 is 0. The summed E-state index contributed by atoms with van der Waals surface area (Å²) in [7, 11) is 0. The van der Waals surface area contributed by atoms with Crippen LogP contribution in [0.5, 0.6) is 0 Å². The highest BCUT2D eigenvalue weighted by atomic mass is 15.0. The first-order valence-corrected chi connectivity index (χ1v) is 15.9. The van der Waals surface area contributed by atoms with Gasteiger partial charge in [0.25, 0.3) is 0 Å². The standard InChI is InChI=1S/C44H30N2/c1-3-13-29(14-4-1)40-35-19-9-11-21-37(35)41(38-22-12-10-20-36(38)40)31-23-25-32(26-24-31)42-34-18-8-7-17-33(34)39-27-45-28-46-44(39)43(42)30-15-5-2-6-16-30/h1-26,28H,27H2,(H,45,46). The zero-order valence-electron chi connectivity index (χ0n) is 25.2. The number of benzene rings is 8. The van der Waals surface area contributed by atoms with Crippen molar-refractivity contribution in [3.05, 3.63) is 163 Å². The molecule has 9 rings (SSSR count). The van der Waals surface area contributed by atoms with Crippen molar-refractivity contribution in [2.24, 2.45) is 4.99 Å². The molecule has 0 radical (unpaired) electrons. The van der Waals surface area contributed by atoms with Crippen molar-refractivity contribution in [3.8, 4) is 44.5 Å². The number of fused-ring (bicyclic) bond motifs is 5. The Morgan fingerprint density at radius 2 is 0.717 bits per heavy atom. The molecule has 0 saturated heterocycles. The van der Waals surface area contributed by atoms with Gasteiger partial charge in [-0.3, -0.25) is 0 Å². The highest BCUT2D eigenvalue weighted by Gasteiger charge is 2.23. The topological polar surface area (TPSA) is 24.4 Å². The van der Waals surface area contributed by atoms with Crippen molar-refractivity contribution in [2.45, 2.75) is 6.54 Å². The highest BCUT2D eigenvalue weighted by molar-refractivity contribution is 6.21. The maximum atomic E-state index is 4.94. The monoisotopic (exact) mass is 586 g/mol. The summed E-state index contributed by atoms with van der Waals surface area (Å²) in [4.78, 5) is 4.94. The fourth-order valence-electron chi connectivity index (χ4n) is 7.42. The van der Waals surface area contributed by atoms with Crippen LogP contribution >= 0.6 is 0 Å². The summed E-state index contributed by atoms with van der Waals surface area (Å²) in [5, 5.41) is 10.9. The Morgan fingerprint density at radius 1 is 0.348 bits per heavy atom. The fourth-order valence-corrected chi connectivity index (χ4v) is 7.42. The maximum absolute atomic E-state index is 4.94. The molecule has 1 aliphatic rings. The lowest BCUT2D eigenvalue weighted by molar-refractivity contribution is 0.923. The Balaban J connectivity index is 1.30. The lowest BCUT2D eigenvalue weighted by Gasteiger charge is -2.23. The van der Waals surface area contributed by atoms with Crippen LogP contribution in [-0.4, -0.2) is 6.34 Å². The van der Waals surface area contributed by atoms with Gasteiger partial charge in [-0.1, -0.05) is 158 Å². The zero-order valence-corrected chi connectivity index (χ0v) is 25.2. The largest absolute Gasteiger partial charge is 0.372 e. The van der Waals surface area contributed by atoms with Crippen molar-refractivity contribution in [3.63, 3.8) is 0 Å². The molecule has 0 aliphatic carbocycles. The van der Waals surface area contributed by atoms with Gasteiger partial charge in [0.15, 0.2) is 0 Å². The summed E-state index contributed by atoms with van der Waals surface area (Å²) in [6, 6.07) is 57.2. The van der Waals surface area contributed by atoms with Crippen LogP contribution in [0.3, 0.4) is 0 Å². The molecule has 8 aromatic rings. The smallest absolute Gasteiger partial charge is 0.0889 e. The molecule has 1 aliphatic heterocycles. The van der Waals surface area contributed by atoms with Crippen LogP contribution in [0.25, 0.3) is 76.8 Å². The number of nitrogens with zero attached hydrogens (tertiary/aromatic N) is 1. The molecule has 0 atom stereocenters. The van der Waals surface area contributed by atoms with Gasteiger partial charge in [0.05, 0.1) is 12.0 Å². The predicted molar refractivity (Wildman–Crippen MR) is 196 cm³/mol. The van der Waals surface area contributed by atoms with Crippen LogP contribution < -0.4 is 5.32 Å². The molecule has 0 amide bonds. The second-order valence-electron chi connectivity index (χ2n) is 11.9. The third-order valence-corrected chi connectivity index (χ3v) is 9.38. The molecule has 1 heterocycles. The Labute approximate surface area is 268 Å². The van der Waals surface area contributed by atoms with E-state index in [-0.39, 0.29) is 0 Å². The summed E-state index contributed by atoms with van der Waals surface area (Å²) in [5.41, 5.74) is 12.1. The van der Waals surface area contributed by atoms with Crippen molar-refractivity contribution in [2.75, 3.05) is 0 Å². The van der Waals surface area contributed by atoms with Crippen LogP contribution in [-0.2, 0) is 6.54 Å². The molecule has 1 N–H and O–H groups in total. The lowest BCUT2D eigenvalue weighted by Crippen LogP contribution is -2.15. The van der Waals surface area contributed by atoms with E-state index >= 15 is 0 Å². The minimum Gasteiger partial charge on any atom is -0.372 e. The van der Waals surface area contributed by atoms with Crippen molar-refractivity contribution < 1.29 is 0 Å². The quantitative estimate of drug-likeness (QED) is 0.204. The summed E-state index contributed by atoms with van der Waals surface area (Å²) in [5.74, 6) is 0. The van der Waals surface area contributed by atoms with Crippen LogP contribution in [0.1, 0.15) is 5.56 Å². The van der Waals surface area contributed by atoms with Crippen LogP contribution in [0.2, 0.25) is 0 Å². The molecule has 8 aromatic carbocycles. The van der Waals surface area contributed by atoms with Gasteiger partial charge >= 0.3 is 0 Å². The normalized spacial score (nSPS) is 12.3. The Bertz CT molecular complexity index is 2380. The molecule has 2 nitrogen and oxygen atoms in total. The minimum absolute atomic E-state index is 0.761.